The van der Waals surface area contributed by atoms with Crippen LogP contribution in [0.15, 0.2) is 42.5 Å². The number of hydrogen-bond acceptors (Lipinski definition) is 2. The van der Waals surface area contributed by atoms with E-state index in [1.165, 1.54) is 12.1 Å². The van der Waals surface area contributed by atoms with Crippen LogP contribution in [0.25, 0.3) is 0 Å². The molecule has 0 aliphatic heterocycles. The van der Waals surface area contributed by atoms with E-state index in [1.54, 1.807) is 30.3 Å². The van der Waals surface area contributed by atoms with Crippen molar-refractivity contribution in [2.24, 2.45) is 0 Å². The highest BCUT2D eigenvalue weighted by atomic mass is 19.1. The first-order chi connectivity index (χ1) is 8.19. The molecule has 2 rings (SSSR count). The average molecular weight is 227 g/mol. The van der Waals surface area contributed by atoms with Gasteiger partial charge in [-0.1, -0.05) is 0 Å². The fourth-order valence-electron chi connectivity index (χ4n) is 1.46. The van der Waals surface area contributed by atoms with Gasteiger partial charge in [-0.15, -0.1) is 0 Å². The minimum absolute atomic E-state index is 0.297. The molecule has 84 valence electrons. The lowest BCUT2D eigenvalue weighted by Crippen LogP contribution is -1.88. The summed E-state index contributed by atoms with van der Waals surface area (Å²) in [5, 5.41) is 8.74. The van der Waals surface area contributed by atoms with E-state index in [1.807, 2.05) is 6.92 Å². The fourth-order valence-corrected chi connectivity index (χ4v) is 1.46. The maximum absolute atomic E-state index is 12.7. The standard InChI is InChI=1S/C14H10FNO/c1-10-8-11(9-16)2-7-14(10)17-13-5-3-12(15)4-6-13/h2-8H,1H3. The van der Waals surface area contributed by atoms with Gasteiger partial charge in [-0.2, -0.15) is 5.26 Å². The molecule has 0 radical (unpaired) electrons. The molecule has 0 saturated carbocycles. The van der Waals surface area contributed by atoms with Gasteiger partial charge < -0.3 is 4.74 Å². The Balaban J connectivity index is 2.25. The summed E-state index contributed by atoms with van der Waals surface area (Å²) in [6.07, 6.45) is 0. The number of ether oxygens (including phenoxy) is 1. The molecular weight excluding hydrogens is 217 g/mol. The molecule has 0 bridgehead atoms. The van der Waals surface area contributed by atoms with E-state index in [2.05, 4.69) is 6.07 Å². The second-order valence-corrected chi connectivity index (χ2v) is 3.65. The lowest BCUT2D eigenvalue weighted by Gasteiger charge is -2.08. The van der Waals surface area contributed by atoms with Crippen molar-refractivity contribution < 1.29 is 9.13 Å². The van der Waals surface area contributed by atoms with E-state index in [-0.39, 0.29) is 5.82 Å². The van der Waals surface area contributed by atoms with Crippen LogP contribution in [0.1, 0.15) is 11.1 Å². The van der Waals surface area contributed by atoms with Crippen molar-refractivity contribution in [2.75, 3.05) is 0 Å². The zero-order valence-corrected chi connectivity index (χ0v) is 9.27. The quantitative estimate of drug-likeness (QED) is 0.781. The number of hydrogen-bond donors (Lipinski definition) is 0. The largest absolute Gasteiger partial charge is 0.457 e. The Kier molecular flexibility index (Phi) is 3.06. The lowest BCUT2D eigenvalue weighted by atomic mass is 10.1. The summed E-state index contributed by atoms with van der Waals surface area (Å²) in [5.74, 6) is 0.934. The summed E-state index contributed by atoms with van der Waals surface area (Å²) in [5.41, 5.74) is 1.46. The first-order valence-corrected chi connectivity index (χ1v) is 5.13. The van der Waals surface area contributed by atoms with Gasteiger partial charge in [-0.25, -0.2) is 4.39 Å². The molecule has 0 saturated heterocycles. The predicted octanol–water partition coefficient (Wildman–Crippen LogP) is 3.80. The summed E-state index contributed by atoms with van der Waals surface area (Å²) >= 11 is 0. The van der Waals surface area contributed by atoms with Gasteiger partial charge in [-0.05, 0) is 55.0 Å². The molecular formula is C14H10FNO. The van der Waals surface area contributed by atoms with Gasteiger partial charge in [0.1, 0.15) is 17.3 Å². The Morgan fingerprint density at radius 2 is 1.82 bits per heavy atom. The molecule has 2 aromatic carbocycles. The first kappa shape index (κ1) is 11.2. The van der Waals surface area contributed by atoms with E-state index < -0.39 is 0 Å². The second kappa shape index (κ2) is 4.67. The molecule has 0 spiro atoms. The van der Waals surface area contributed by atoms with E-state index in [9.17, 15) is 4.39 Å². The third-order valence-electron chi connectivity index (χ3n) is 2.35. The Morgan fingerprint density at radius 3 is 2.41 bits per heavy atom. The Morgan fingerprint density at radius 1 is 1.12 bits per heavy atom. The summed E-state index contributed by atoms with van der Waals surface area (Å²) < 4.78 is 18.3. The predicted molar refractivity (Wildman–Crippen MR) is 62.4 cm³/mol. The Hall–Kier alpha value is -2.34. The minimum Gasteiger partial charge on any atom is -0.457 e. The van der Waals surface area contributed by atoms with Crippen LogP contribution in [0, 0.1) is 24.1 Å². The van der Waals surface area contributed by atoms with Crippen molar-refractivity contribution in [3.8, 4) is 17.6 Å². The van der Waals surface area contributed by atoms with Gasteiger partial charge >= 0.3 is 0 Å². The van der Waals surface area contributed by atoms with Crippen molar-refractivity contribution >= 4 is 0 Å². The third kappa shape index (κ3) is 2.61. The van der Waals surface area contributed by atoms with Gasteiger partial charge in [0, 0.05) is 0 Å². The molecule has 0 N–H and O–H groups in total. The molecule has 0 unspecified atom stereocenters. The van der Waals surface area contributed by atoms with E-state index in [0.717, 1.165) is 5.56 Å². The summed E-state index contributed by atoms with van der Waals surface area (Å²) in [6.45, 7) is 1.86. The molecule has 2 aromatic rings. The van der Waals surface area contributed by atoms with Crippen molar-refractivity contribution in [3.63, 3.8) is 0 Å². The molecule has 0 aliphatic rings. The fraction of sp³-hybridized carbons (Fsp3) is 0.0714. The summed E-state index contributed by atoms with van der Waals surface area (Å²) in [4.78, 5) is 0. The Bertz CT molecular complexity index is 570. The van der Waals surface area contributed by atoms with Crippen LogP contribution < -0.4 is 4.74 Å². The van der Waals surface area contributed by atoms with E-state index in [4.69, 9.17) is 10.00 Å². The highest BCUT2D eigenvalue weighted by Gasteiger charge is 2.02. The maximum Gasteiger partial charge on any atom is 0.130 e. The maximum atomic E-state index is 12.7. The molecule has 0 fully saturated rings. The number of aryl methyl sites for hydroxylation is 1. The van der Waals surface area contributed by atoms with Crippen molar-refractivity contribution in [1.29, 1.82) is 5.26 Å². The molecule has 17 heavy (non-hydrogen) atoms. The number of halogens is 1. The normalized spacial score (nSPS) is 9.71. The zero-order chi connectivity index (χ0) is 12.3. The van der Waals surface area contributed by atoms with Crippen LogP contribution in [0.3, 0.4) is 0 Å². The van der Waals surface area contributed by atoms with Crippen LogP contribution >= 0.6 is 0 Å². The Labute approximate surface area is 98.9 Å². The van der Waals surface area contributed by atoms with Gasteiger partial charge in [0.2, 0.25) is 0 Å². The lowest BCUT2D eigenvalue weighted by molar-refractivity contribution is 0.477. The van der Waals surface area contributed by atoms with Crippen molar-refractivity contribution in [3.05, 3.63) is 59.4 Å². The third-order valence-corrected chi connectivity index (χ3v) is 2.35. The number of nitriles is 1. The molecule has 3 heteroatoms. The summed E-state index contributed by atoms with van der Waals surface area (Å²) in [7, 11) is 0. The second-order valence-electron chi connectivity index (χ2n) is 3.65. The zero-order valence-electron chi connectivity index (χ0n) is 9.27. The van der Waals surface area contributed by atoms with Crippen LogP contribution in [-0.4, -0.2) is 0 Å². The molecule has 2 nitrogen and oxygen atoms in total. The first-order valence-electron chi connectivity index (χ1n) is 5.13. The molecule has 0 aliphatic carbocycles. The van der Waals surface area contributed by atoms with Crippen LogP contribution in [0.4, 0.5) is 4.39 Å². The van der Waals surface area contributed by atoms with Crippen molar-refractivity contribution in [1.82, 2.24) is 0 Å². The monoisotopic (exact) mass is 227 g/mol. The topological polar surface area (TPSA) is 33.0 Å². The van der Waals surface area contributed by atoms with Crippen LogP contribution in [0.5, 0.6) is 11.5 Å². The van der Waals surface area contributed by atoms with E-state index >= 15 is 0 Å². The number of benzene rings is 2. The molecule has 0 atom stereocenters. The van der Waals surface area contributed by atoms with Gasteiger partial charge in [0.25, 0.3) is 0 Å². The van der Waals surface area contributed by atoms with Gasteiger partial charge in [0.15, 0.2) is 0 Å². The number of rotatable bonds is 2. The highest BCUT2D eigenvalue weighted by molar-refractivity contribution is 5.43. The van der Waals surface area contributed by atoms with Crippen LogP contribution in [-0.2, 0) is 0 Å². The molecule has 0 aromatic heterocycles. The molecule has 0 amide bonds. The SMILES string of the molecule is Cc1cc(C#N)ccc1Oc1ccc(F)cc1. The van der Waals surface area contributed by atoms with Gasteiger partial charge in [0.05, 0.1) is 11.6 Å². The van der Waals surface area contributed by atoms with Crippen LogP contribution in [0.2, 0.25) is 0 Å². The number of nitrogens with zero attached hydrogens (tertiary/aromatic N) is 1. The average Bonchev–Trinajstić information content (AvgIpc) is 2.34. The van der Waals surface area contributed by atoms with Crippen molar-refractivity contribution in [2.45, 2.75) is 6.92 Å². The summed E-state index contributed by atoms with van der Waals surface area (Å²) in [6, 6.07) is 13.0. The smallest absolute Gasteiger partial charge is 0.130 e. The molecule has 0 heterocycles. The van der Waals surface area contributed by atoms with E-state index in [0.29, 0.717) is 17.1 Å². The minimum atomic E-state index is -0.297. The highest BCUT2D eigenvalue weighted by Crippen LogP contribution is 2.25. The van der Waals surface area contributed by atoms with Gasteiger partial charge in [-0.3, -0.25) is 0 Å².